The zero-order chi connectivity index (χ0) is 13.8. The molecule has 0 amide bonds. The first-order valence-corrected chi connectivity index (χ1v) is 6.29. The summed E-state index contributed by atoms with van der Waals surface area (Å²) < 4.78 is 24.3. The van der Waals surface area contributed by atoms with Gasteiger partial charge >= 0.3 is 0 Å². The fourth-order valence-corrected chi connectivity index (χ4v) is 2.08. The molecule has 2 aromatic rings. The molecular weight excluding hydrogens is 271 g/mol. The number of anilines is 1. The van der Waals surface area contributed by atoms with Crippen molar-refractivity contribution in [3.8, 4) is 11.1 Å². The Morgan fingerprint density at radius 3 is 2.89 bits per heavy atom. The summed E-state index contributed by atoms with van der Waals surface area (Å²) in [7, 11) is 0. The molecular formula is C13H14ClFN2O2. The van der Waals surface area contributed by atoms with E-state index in [4.69, 9.17) is 26.6 Å². The van der Waals surface area contributed by atoms with Crippen molar-refractivity contribution in [1.82, 2.24) is 5.16 Å². The van der Waals surface area contributed by atoms with Crippen LogP contribution in [0.15, 0.2) is 22.7 Å². The molecule has 0 radical (unpaired) electrons. The number of hydrogen-bond acceptors (Lipinski definition) is 4. The third-order valence-electron chi connectivity index (χ3n) is 2.68. The first kappa shape index (κ1) is 13.8. The predicted molar refractivity (Wildman–Crippen MR) is 71.5 cm³/mol. The van der Waals surface area contributed by atoms with Gasteiger partial charge in [0, 0.05) is 18.6 Å². The molecule has 0 aliphatic rings. The zero-order valence-corrected chi connectivity index (χ0v) is 11.2. The van der Waals surface area contributed by atoms with E-state index in [0.29, 0.717) is 31.0 Å². The molecule has 0 fully saturated rings. The van der Waals surface area contributed by atoms with Gasteiger partial charge in [-0.1, -0.05) is 22.8 Å². The van der Waals surface area contributed by atoms with Crippen LogP contribution < -0.4 is 5.73 Å². The number of rotatable bonds is 5. The lowest BCUT2D eigenvalue weighted by Crippen LogP contribution is -2.00. The van der Waals surface area contributed by atoms with E-state index in [1.807, 2.05) is 6.92 Å². The van der Waals surface area contributed by atoms with E-state index in [2.05, 4.69) is 5.16 Å². The molecule has 1 heterocycles. The standard InChI is InChI=1S/C13H14ClFN2O2/c1-2-18-7-6-10-12(13(16)17-19-10)11-8(14)4-3-5-9(11)15/h3-5H,2,6-7H2,1H3,(H2,16,17). The molecule has 0 spiro atoms. The molecule has 1 aromatic heterocycles. The summed E-state index contributed by atoms with van der Waals surface area (Å²) in [4.78, 5) is 0. The summed E-state index contributed by atoms with van der Waals surface area (Å²) in [5.41, 5.74) is 6.37. The Balaban J connectivity index is 2.41. The van der Waals surface area contributed by atoms with E-state index in [9.17, 15) is 4.39 Å². The summed E-state index contributed by atoms with van der Waals surface area (Å²) in [5.74, 6) is 0.136. The number of halogens is 2. The number of nitrogens with zero attached hydrogens (tertiary/aromatic N) is 1. The number of benzene rings is 1. The van der Waals surface area contributed by atoms with E-state index >= 15 is 0 Å². The van der Waals surface area contributed by atoms with E-state index in [1.165, 1.54) is 12.1 Å². The summed E-state index contributed by atoms with van der Waals surface area (Å²) >= 11 is 6.03. The van der Waals surface area contributed by atoms with E-state index in [1.54, 1.807) is 6.07 Å². The lowest BCUT2D eigenvalue weighted by molar-refractivity contribution is 0.145. The van der Waals surface area contributed by atoms with Crippen LogP contribution in [0.5, 0.6) is 0 Å². The molecule has 0 saturated heterocycles. The van der Waals surface area contributed by atoms with Crippen molar-refractivity contribution >= 4 is 17.4 Å². The summed E-state index contributed by atoms with van der Waals surface area (Å²) in [5, 5.41) is 3.95. The molecule has 0 unspecified atom stereocenters. The maximum absolute atomic E-state index is 13.9. The van der Waals surface area contributed by atoms with E-state index in [-0.39, 0.29) is 16.4 Å². The SMILES string of the molecule is CCOCCc1onc(N)c1-c1c(F)cccc1Cl. The highest BCUT2D eigenvalue weighted by molar-refractivity contribution is 6.33. The van der Waals surface area contributed by atoms with Crippen molar-refractivity contribution < 1.29 is 13.7 Å². The molecule has 0 aliphatic heterocycles. The number of nitrogen functional groups attached to an aromatic ring is 1. The molecule has 19 heavy (non-hydrogen) atoms. The number of nitrogens with two attached hydrogens (primary N) is 1. The minimum atomic E-state index is -0.458. The van der Waals surface area contributed by atoms with Gasteiger partial charge in [0.25, 0.3) is 0 Å². The second-order valence-electron chi connectivity index (χ2n) is 3.91. The van der Waals surface area contributed by atoms with Gasteiger partial charge in [0.1, 0.15) is 11.6 Å². The Kier molecular flexibility index (Phi) is 4.39. The van der Waals surface area contributed by atoms with Crippen LogP contribution in [0.2, 0.25) is 5.02 Å². The van der Waals surface area contributed by atoms with Crippen molar-refractivity contribution in [2.75, 3.05) is 18.9 Å². The lowest BCUT2D eigenvalue weighted by Gasteiger charge is -2.06. The summed E-state index contributed by atoms with van der Waals surface area (Å²) in [6, 6.07) is 4.45. The van der Waals surface area contributed by atoms with Gasteiger partial charge in [0.2, 0.25) is 0 Å². The van der Waals surface area contributed by atoms with Crippen molar-refractivity contribution in [3.05, 3.63) is 34.8 Å². The van der Waals surface area contributed by atoms with Crippen LogP contribution in [-0.4, -0.2) is 18.4 Å². The minimum Gasteiger partial charge on any atom is -0.381 e. The van der Waals surface area contributed by atoms with Crippen LogP contribution in [0.4, 0.5) is 10.2 Å². The molecule has 0 bridgehead atoms. The molecule has 4 nitrogen and oxygen atoms in total. The number of aromatic nitrogens is 1. The van der Waals surface area contributed by atoms with Crippen LogP contribution in [0, 0.1) is 5.82 Å². The van der Waals surface area contributed by atoms with Crippen LogP contribution in [0.1, 0.15) is 12.7 Å². The third kappa shape index (κ3) is 2.88. The fourth-order valence-electron chi connectivity index (χ4n) is 1.82. The van der Waals surface area contributed by atoms with Gasteiger partial charge in [-0.25, -0.2) is 4.39 Å². The second-order valence-corrected chi connectivity index (χ2v) is 4.32. The maximum Gasteiger partial charge on any atom is 0.175 e. The smallest absolute Gasteiger partial charge is 0.175 e. The van der Waals surface area contributed by atoms with Crippen molar-refractivity contribution in [3.63, 3.8) is 0 Å². The molecule has 2 rings (SSSR count). The molecule has 0 saturated carbocycles. The van der Waals surface area contributed by atoms with Crippen LogP contribution in [-0.2, 0) is 11.2 Å². The van der Waals surface area contributed by atoms with Crippen LogP contribution in [0.3, 0.4) is 0 Å². The monoisotopic (exact) mass is 284 g/mol. The molecule has 0 atom stereocenters. The van der Waals surface area contributed by atoms with Gasteiger partial charge in [-0.3, -0.25) is 0 Å². The largest absolute Gasteiger partial charge is 0.381 e. The topological polar surface area (TPSA) is 61.3 Å². The van der Waals surface area contributed by atoms with E-state index < -0.39 is 5.82 Å². The lowest BCUT2D eigenvalue weighted by atomic mass is 10.0. The average molecular weight is 285 g/mol. The zero-order valence-electron chi connectivity index (χ0n) is 10.5. The summed E-state index contributed by atoms with van der Waals surface area (Å²) in [6.45, 7) is 2.94. The number of hydrogen-bond donors (Lipinski definition) is 1. The Labute approximate surface area is 115 Å². The Morgan fingerprint density at radius 1 is 1.42 bits per heavy atom. The highest BCUT2D eigenvalue weighted by Gasteiger charge is 2.21. The highest BCUT2D eigenvalue weighted by Crippen LogP contribution is 2.36. The van der Waals surface area contributed by atoms with E-state index in [0.717, 1.165) is 0 Å². The van der Waals surface area contributed by atoms with Crippen molar-refractivity contribution in [2.24, 2.45) is 0 Å². The highest BCUT2D eigenvalue weighted by atomic mass is 35.5. The van der Waals surface area contributed by atoms with Gasteiger partial charge in [0.05, 0.1) is 17.2 Å². The molecule has 102 valence electrons. The van der Waals surface area contributed by atoms with Crippen LogP contribution >= 0.6 is 11.6 Å². The molecule has 0 aliphatic carbocycles. The maximum atomic E-state index is 13.9. The first-order valence-electron chi connectivity index (χ1n) is 5.91. The molecule has 2 N–H and O–H groups in total. The summed E-state index contributed by atoms with van der Waals surface area (Å²) in [6.07, 6.45) is 0.456. The first-order chi connectivity index (χ1) is 9.15. The molecule has 6 heteroatoms. The predicted octanol–water partition coefficient (Wildman–Crippen LogP) is 3.30. The minimum absolute atomic E-state index is 0.124. The van der Waals surface area contributed by atoms with Gasteiger partial charge in [-0.05, 0) is 19.1 Å². The number of ether oxygens (including phenoxy) is 1. The third-order valence-corrected chi connectivity index (χ3v) is 2.99. The Morgan fingerprint density at radius 2 is 2.21 bits per heavy atom. The van der Waals surface area contributed by atoms with Gasteiger partial charge in [0.15, 0.2) is 5.82 Å². The Bertz CT molecular complexity index is 552. The van der Waals surface area contributed by atoms with Gasteiger partial charge in [-0.15, -0.1) is 0 Å². The quantitative estimate of drug-likeness (QED) is 0.856. The van der Waals surface area contributed by atoms with Crippen molar-refractivity contribution in [2.45, 2.75) is 13.3 Å². The fraction of sp³-hybridized carbons (Fsp3) is 0.308. The molecule has 1 aromatic carbocycles. The normalized spacial score (nSPS) is 10.9. The van der Waals surface area contributed by atoms with Gasteiger partial charge in [-0.2, -0.15) is 0 Å². The van der Waals surface area contributed by atoms with Crippen molar-refractivity contribution in [1.29, 1.82) is 0 Å². The average Bonchev–Trinajstić information content (AvgIpc) is 2.72. The second kappa shape index (κ2) is 6.04. The van der Waals surface area contributed by atoms with Crippen LogP contribution in [0.25, 0.3) is 11.1 Å². The Hall–Kier alpha value is -1.59. The van der Waals surface area contributed by atoms with Gasteiger partial charge < -0.3 is 15.0 Å².